The molecule has 7 heteroatoms. The molecule has 0 heterocycles. The molecule has 0 aromatic heterocycles. The van der Waals surface area contributed by atoms with Crippen LogP contribution in [0.1, 0.15) is 77.6 Å². The van der Waals surface area contributed by atoms with Crippen LogP contribution in [-0.2, 0) is 14.6 Å². The molecular formula is C15H32O6S. The molecule has 0 aliphatic carbocycles. The van der Waals surface area contributed by atoms with E-state index in [0.717, 1.165) is 19.3 Å². The van der Waals surface area contributed by atoms with Crippen LogP contribution in [0.15, 0.2) is 0 Å². The van der Waals surface area contributed by atoms with E-state index in [0.29, 0.717) is 6.42 Å². The molecule has 0 radical (unpaired) electrons. The molecule has 0 aliphatic heterocycles. The SMILES string of the molecule is CCCCCCCCCCCCC(OS(=O)(=O)O)C(O)CO. The van der Waals surface area contributed by atoms with Crippen LogP contribution in [0.25, 0.3) is 0 Å². The van der Waals surface area contributed by atoms with Gasteiger partial charge in [0.05, 0.1) is 6.61 Å². The topological polar surface area (TPSA) is 104 Å². The molecular weight excluding hydrogens is 308 g/mol. The normalized spacial score (nSPS) is 14.9. The van der Waals surface area contributed by atoms with Crippen LogP contribution >= 0.6 is 0 Å². The zero-order valence-corrected chi connectivity index (χ0v) is 14.4. The average molecular weight is 340 g/mol. The van der Waals surface area contributed by atoms with Gasteiger partial charge < -0.3 is 10.2 Å². The second kappa shape index (κ2) is 13.2. The van der Waals surface area contributed by atoms with Crippen molar-refractivity contribution in [2.45, 2.75) is 89.8 Å². The highest BCUT2D eigenvalue weighted by Crippen LogP contribution is 2.15. The van der Waals surface area contributed by atoms with E-state index in [2.05, 4.69) is 11.1 Å². The van der Waals surface area contributed by atoms with Crippen molar-refractivity contribution in [2.24, 2.45) is 0 Å². The number of aliphatic hydroxyl groups excluding tert-OH is 2. The summed E-state index contributed by atoms with van der Waals surface area (Å²) in [6.07, 6.45) is 9.35. The lowest BCUT2D eigenvalue weighted by Gasteiger charge is -2.19. The fourth-order valence-electron chi connectivity index (χ4n) is 2.41. The van der Waals surface area contributed by atoms with Crippen molar-refractivity contribution in [1.29, 1.82) is 0 Å². The molecule has 0 aromatic carbocycles. The van der Waals surface area contributed by atoms with E-state index in [1.165, 1.54) is 38.5 Å². The molecule has 0 saturated carbocycles. The maximum atomic E-state index is 10.7. The first kappa shape index (κ1) is 21.8. The van der Waals surface area contributed by atoms with Gasteiger partial charge in [0, 0.05) is 0 Å². The van der Waals surface area contributed by atoms with E-state index in [9.17, 15) is 13.5 Å². The fourth-order valence-corrected chi connectivity index (χ4v) is 2.95. The molecule has 134 valence electrons. The minimum atomic E-state index is -4.61. The van der Waals surface area contributed by atoms with Crippen molar-refractivity contribution in [3.63, 3.8) is 0 Å². The van der Waals surface area contributed by atoms with Crippen molar-refractivity contribution in [1.82, 2.24) is 0 Å². The van der Waals surface area contributed by atoms with Crippen LogP contribution in [-0.4, -0.2) is 42.0 Å². The summed E-state index contributed by atoms with van der Waals surface area (Å²) in [6, 6.07) is 0. The van der Waals surface area contributed by atoms with Gasteiger partial charge in [0.15, 0.2) is 0 Å². The van der Waals surface area contributed by atoms with Gasteiger partial charge in [-0.2, -0.15) is 8.42 Å². The summed E-state index contributed by atoms with van der Waals surface area (Å²) in [5, 5.41) is 18.3. The van der Waals surface area contributed by atoms with Crippen molar-refractivity contribution >= 4 is 10.4 Å². The van der Waals surface area contributed by atoms with Crippen molar-refractivity contribution in [3.8, 4) is 0 Å². The van der Waals surface area contributed by atoms with Gasteiger partial charge in [-0.05, 0) is 6.42 Å². The third-order valence-corrected chi connectivity index (χ3v) is 4.19. The van der Waals surface area contributed by atoms with Crippen LogP contribution < -0.4 is 0 Å². The molecule has 3 N–H and O–H groups in total. The number of hydrogen-bond acceptors (Lipinski definition) is 5. The summed E-state index contributed by atoms with van der Waals surface area (Å²) >= 11 is 0. The molecule has 0 aromatic rings. The van der Waals surface area contributed by atoms with E-state index >= 15 is 0 Å². The summed E-state index contributed by atoms with van der Waals surface area (Å²) in [5.74, 6) is 0. The predicted octanol–water partition coefficient (Wildman–Crippen LogP) is 2.84. The molecule has 0 aliphatic rings. The highest BCUT2D eigenvalue weighted by atomic mass is 32.3. The molecule has 0 rings (SSSR count). The largest absolute Gasteiger partial charge is 0.397 e. The smallest absolute Gasteiger partial charge is 0.394 e. The van der Waals surface area contributed by atoms with Crippen LogP contribution in [0.4, 0.5) is 0 Å². The first-order valence-corrected chi connectivity index (χ1v) is 9.71. The lowest BCUT2D eigenvalue weighted by atomic mass is 10.0. The third kappa shape index (κ3) is 13.5. The van der Waals surface area contributed by atoms with E-state index in [-0.39, 0.29) is 6.42 Å². The van der Waals surface area contributed by atoms with Gasteiger partial charge in [-0.1, -0.05) is 71.1 Å². The van der Waals surface area contributed by atoms with E-state index in [4.69, 9.17) is 9.66 Å². The summed E-state index contributed by atoms with van der Waals surface area (Å²) in [7, 11) is -4.61. The standard InChI is InChI=1S/C15H32O6S/c1-2-3-4-5-6-7-8-9-10-11-12-15(14(17)13-16)21-22(18,19)20/h14-17H,2-13H2,1H3,(H,18,19,20). The Morgan fingerprint density at radius 2 is 1.36 bits per heavy atom. The summed E-state index contributed by atoms with van der Waals surface area (Å²) < 4.78 is 34.4. The zero-order valence-electron chi connectivity index (χ0n) is 13.6. The van der Waals surface area contributed by atoms with Crippen molar-refractivity contribution < 1.29 is 27.4 Å². The Hall–Kier alpha value is -0.210. The Labute approximate surface area is 134 Å². The predicted molar refractivity (Wildman–Crippen MR) is 86.0 cm³/mol. The van der Waals surface area contributed by atoms with Gasteiger partial charge in [-0.25, -0.2) is 4.18 Å². The highest BCUT2D eigenvalue weighted by molar-refractivity contribution is 7.80. The van der Waals surface area contributed by atoms with Crippen LogP contribution in [0, 0.1) is 0 Å². The Bertz CT molecular complexity index is 344. The Morgan fingerprint density at radius 3 is 1.77 bits per heavy atom. The summed E-state index contributed by atoms with van der Waals surface area (Å²) in [4.78, 5) is 0. The molecule has 0 amide bonds. The fraction of sp³-hybridized carbons (Fsp3) is 1.00. The lowest BCUT2D eigenvalue weighted by Crippen LogP contribution is -2.33. The summed E-state index contributed by atoms with van der Waals surface area (Å²) in [6.45, 7) is 1.60. The lowest BCUT2D eigenvalue weighted by molar-refractivity contribution is -0.00707. The molecule has 0 bridgehead atoms. The average Bonchev–Trinajstić information content (AvgIpc) is 2.46. The van der Waals surface area contributed by atoms with Crippen LogP contribution in [0.2, 0.25) is 0 Å². The second-order valence-electron chi connectivity index (χ2n) is 5.78. The van der Waals surface area contributed by atoms with E-state index < -0.39 is 29.2 Å². The quantitative estimate of drug-likeness (QED) is 0.313. The molecule has 2 atom stereocenters. The highest BCUT2D eigenvalue weighted by Gasteiger charge is 2.24. The zero-order chi connectivity index (χ0) is 16.8. The molecule has 6 nitrogen and oxygen atoms in total. The first-order chi connectivity index (χ1) is 10.4. The maximum absolute atomic E-state index is 10.7. The van der Waals surface area contributed by atoms with Gasteiger partial charge in [0.25, 0.3) is 0 Å². The van der Waals surface area contributed by atoms with Gasteiger partial charge in [0.1, 0.15) is 12.2 Å². The number of unbranched alkanes of at least 4 members (excludes halogenated alkanes) is 9. The third-order valence-electron chi connectivity index (χ3n) is 3.70. The number of aliphatic hydroxyl groups is 2. The van der Waals surface area contributed by atoms with Crippen molar-refractivity contribution in [2.75, 3.05) is 6.61 Å². The van der Waals surface area contributed by atoms with Crippen LogP contribution in [0.5, 0.6) is 0 Å². The monoisotopic (exact) mass is 340 g/mol. The first-order valence-electron chi connectivity index (χ1n) is 8.35. The number of rotatable bonds is 15. The molecule has 2 unspecified atom stereocenters. The van der Waals surface area contributed by atoms with Gasteiger partial charge >= 0.3 is 10.4 Å². The van der Waals surface area contributed by atoms with Gasteiger partial charge in [0.2, 0.25) is 0 Å². The number of hydrogen-bond donors (Lipinski definition) is 3. The Morgan fingerprint density at radius 1 is 0.909 bits per heavy atom. The second-order valence-corrected chi connectivity index (χ2v) is 6.83. The van der Waals surface area contributed by atoms with Gasteiger partial charge in [-0.15, -0.1) is 0 Å². The molecule has 0 saturated heterocycles. The molecule has 0 fully saturated rings. The molecule has 22 heavy (non-hydrogen) atoms. The minimum absolute atomic E-state index is 0.290. The van der Waals surface area contributed by atoms with Crippen LogP contribution in [0.3, 0.4) is 0 Å². The summed E-state index contributed by atoms with van der Waals surface area (Å²) in [5.41, 5.74) is 0. The molecule has 0 spiro atoms. The Kier molecular flexibility index (Phi) is 13.1. The van der Waals surface area contributed by atoms with E-state index in [1.54, 1.807) is 0 Å². The Balaban J connectivity index is 3.68. The van der Waals surface area contributed by atoms with Crippen molar-refractivity contribution in [3.05, 3.63) is 0 Å². The minimum Gasteiger partial charge on any atom is -0.394 e. The van der Waals surface area contributed by atoms with Gasteiger partial charge in [-0.3, -0.25) is 4.55 Å². The maximum Gasteiger partial charge on any atom is 0.397 e. The van der Waals surface area contributed by atoms with E-state index in [1.807, 2.05) is 0 Å².